The Morgan fingerprint density at radius 3 is 2.94 bits per heavy atom. The lowest BCUT2D eigenvalue weighted by Gasteiger charge is -2.29. The van der Waals surface area contributed by atoms with Gasteiger partial charge in [0.2, 0.25) is 0 Å². The van der Waals surface area contributed by atoms with Gasteiger partial charge in [-0.25, -0.2) is 0 Å². The zero-order valence-corrected chi connectivity index (χ0v) is 9.93. The van der Waals surface area contributed by atoms with Gasteiger partial charge in [0.05, 0.1) is 0 Å². The van der Waals surface area contributed by atoms with Crippen LogP contribution in [0.2, 0.25) is 0 Å². The van der Waals surface area contributed by atoms with Crippen molar-refractivity contribution in [1.82, 2.24) is 10.6 Å². The second-order valence-electron chi connectivity index (χ2n) is 4.38. The highest BCUT2D eigenvalue weighted by molar-refractivity contribution is 5.99. The molecule has 1 saturated heterocycles. The molecule has 1 aromatic rings. The summed E-state index contributed by atoms with van der Waals surface area (Å²) < 4.78 is 0. The molecular formula is C12H15ClN2O. The van der Waals surface area contributed by atoms with Crippen molar-refractivity contribution >= 4 is 18.3 Å². The van der Waals surface area contributed by atoms with Gasteiger partial charge < -0.3 is 10.6 Å². The molecule has 0 bridgehead atoms. The van der Waals surface area contributed by atoms with Gasteiger partial charge in [-0.05, 0) is 18.1 Å². The Kier molecular flexibility index (Phi) is 2.91. The molecule has 2 atom stereocenters. The van der Waals surface area contributed by atoms with Crippen LogP contribution in [0, 0.1) is 6.92 Å². The molecule has 1 amide bonds. The Morgan fingerprint density at radius 1 is 1.31 bits per heavy atom. The average molecular weight is 239 g/mol. The maximum absolute atomic E-state index is 11.9. The molecule has 2 aliphatic rings. The van der Waals surface area contributed by atoms with Crippen LogP contribution >= 0.6 is 12.4 Å². The van der Waals surface area contributed by atoms with Crippen LogP contribution in [-0.2, 0) is 0 Å². The second-order valence-corrected chi connectivity index (χ2v) is 4.38. The Labute approximate surface area is 101 Å². The van der Waals surface area contributed by atoms with Crippen molar-refractivity contribution in [3.63, 3.8) is 0 Å². The third-order valence-corrected chi connectivity index (χ3v) is 3.46. The van der Waals surface area contributed by atoms with E-state index < -0.39 is 0 Å². The summed E-state index contributed by atoms with van der Waals surface area (Å²) in [6.45, 7) is 3.87. The molecule has 16 heavy (non-hydrogen) atoms. The van der Waals surface area contributed by atoms with E-state index in [1.54, 1.807) is 0 Å². The predicted molar refractivity (Wildman–Crippen MR) is 65.3 cm³/mol. The maximum Gasteiger partial charge on any atom is 0.252 e. The van der Waals surface area contributed by atoms with E-state index in [2.05, 4.69) is 16.7 Å². The Bertz CT molecular complexity index is 433. The van der Waals surface area contributed by atoms with Crippen molar-refractivity contribution in [2.75, 3.05) is 13.1 Å². The quantitative estimate of drug-likeness (QED) is 0.714. The Morgan fingerprint density at radius 2 is 2.12 bits per heavy atom. The first-order valence-electron chi connectivity index (χ1n) is 5.38. The lowest BCUT2D eigenvalue weighted by Crippen LogP contribution is -2.44. The number of aryl methyl sites for hydroxylation is 1. The van der Waals surface area contributed by atoms with Crippen LogP contribution in [0.1, 0.15) is 27.4 Å². The molecule has 2 N–H and O–H groups in total. The zero-order chi connectivity index (χ0) is 10.4. The first-order valence-corrected chi connectivity index (χ1v) is 5.38. The monoisotopic (exact) mass is 238 g/mol. The second kappa shape index (κ2) is 4.07. The van der Waals surface area contributed by atoms with E-state index in [0.29, 0.717) is 5.92 Å². The van der Waals surface area contributed by atoms with Crippen molar-refractivity contribution in [3.05, 3.63) is 34.9 Å². The summed E-state index contributed by atoms with van der Waals surface area (Å²) in [6.07, 6.45) is 0. The van der Waals surface area contributed by atoms with Crippen LogP contribution in [0.15, 0.2) is 18.2 Å². The smallest absolute Gasteiger partial charge is 0.252 e. The van der Waals surface area contributed by atoms with Gasteiger partial charge in [-0.3, -0.25) is 4.79 Å². The molecule has 3 rings (SSSR count). The molecule has 3 nitrogen and oxygen atoms in total. The largest absolute Gasteiger partial charge is 0.347 e. The molecule has 0 spiro atoms. The molecular weight excluding hydrogens is 224 g/mol. The predicted octanol–water partition coefficient (Wildman–Crippen LogP) is 1.22. The van der Waals surface area contributed by atoms with E-state index >= 15 is 0 Å². The normalized spacial score (nSPS) is 26.4. The number of nitrogens with one attached hydrogen (secondary N) is 2. The van der Waals surface area contributed by atoms with Gasteiger partial charge in [-0.1, -0.05) is 18.2 Å². The number of carbonyl (C=O) groups is 1. The van der Waals surface area contributed by atoms with E-state index in [1.165, 1.54) is 5.56 Å². The van der Waals surface area contributed by atoms with E-state index in [9.17, 15) is 4.79 Å². The fourth-order valence-electron chi connectivity index (χ4n) is 2.71. The standard InChI is InChI=1S/C12H14N2O.ClH/c1-7-3-2-4-8-9-5-13-6-10(9)14-12(15)11(7)8;/h2-4,9-10,13H,5-6H2,1H3,(H,14,15);1H/t9-,10+;/m1./s1. The number of halogens is 1. The van der Waals surface area contributed by atoms with E-state index in [-0.39, 0.29) is 24.4 Å². The maximum atomic E-state index is 11.9. The van der Waals surface area contributed by atoms with Gasteiger partial charge >= 0.3 is 0 Å². The Balaban J connectivity index is 0.000000963. The van der Waals surface area contributed by atoms with Crippen LogP contribution in [0.3, 0.4) is 0 Å². The highest BCUT2D eigenvalue weighted by Crippen LogP contribution is 2.31. The van der Waals surface area contributed by atoms with E-state index in [1.807, 2.05) is 19.1 Å². The van der Waals surface area contributed by atoms with Gasteiger partial charge in [0.25, 0.3) is 5.91 Å². The summed E-state index contributed by atoms with van der Waals surface area (Å²) in [5.74, 6) is 0.547. The molecule has 0 aromatic heterocycles. The average Bonchev–Trinajstić information content (AvgIpc) is 2.65. The molecule has 2 heterocycles. The minimum absolute atomic E-state index is 0. The van der Waals surface area contributed by atoms with E-state index in [0.717, 1.165) is 24.2 Å². The molecule has 0 aliphatic carbocycles. The van der Waals surface area contributed by atoms with Gasteiger partial charge in [-0.2, -0.15) is 0 Å². The molecule has 1 fully saturated rings. The highest BCUT2D eigenvalue weighted by atomic mass is 35.5. The van der Waals surface area contributed by atoms with Crippen LogP contribution < -0.4 is 10.6 Å². The number of amides is 1. The first kappa shape index (κ1) is 11.4. The fourth-order valence-corrected chi connectivity index (χ4v) is 2.71. The molecule has 0 radical (unpaired) electrons. The molecule has 2 aliphatic heterocycles. The summed E-state index contributed by atoms with van der Waals surface area (Å²) in [7, 11) is 0. The lowest BCUT2D eigenvalue weighted by atomic mass is 9.84. The van der Waals surface area contributed by atoms with Crippen LogP contribution in [0.4, 0.5) is 0 Å². The summed E-state index contributed by atoms with van der Waals surface area (Å²) in [4.78, 5) is 11.9. The third kappa shape index (κ3) is 1.51. The van der Waals surface area contributed by atoms with Crippen molar-refractivity contribution in [2.24, 2.45) is 0 Å². The van der Waals surface area contributed by atoms with E-state index in [4.69, 9.17) is 0 Å². The molecule has 0 saturated carbocycles. The van der Waals surface area contributed by atoms with Gasteiger partial charge in [0.1, 0.15) is 0 Å². The number of hydrogen-bond donors (Lipinski definition) is 2. The highest BCUT2D eigenvalue weighted by Gasteiger charge is 2.37. The number of benzene rings is 1. The molecule has 1 aromatic carbocycles. The SMILES string of the molecule is Cc1cccc2c1C(=O)N[C@H]1CNC[C@H]21.Cl. The number of carbonyl (C=O) groups excluding carboxylic acids is 1. The topological polar surface area (TPSA) is 41.1 Å². The summed E-state index contributed by atoms with van der Waals surface area (Å²) in [5.41, 5.74) is 3.19. The van der Waals surface area contributed by atoms with Crippen LogP contribution in [0.5, 0.6) is 0 Å². The molecule has 4 heteroatoms. The number of hydrogen-bond acceptors (Lipinski definition) is 2. The van der Waals surface area contributed by atoms with Crippen molar-refractivity contribution in [3.8, 4) is 0 Å². The fraction of sp³-hybridized carbons (Fsp3) is 0.417. The van der Waals surface area contributed by atoms with Gasteiger partial charge in [0.15, 0.2) is 0 Å². The van der Waals surface area contributed by atoms with Crippen molar-refractivity contribution in [1.29, 1.82) is 0 Å². The lowest BCUT2D eigenvalue weighted by molar-refractivity contribution is 0.0923. The number of fused-ring (bicyclic) bond motifs is 3. The van der Waals surface area contributed by atoms with Crippen LogP contribution in [-0.4, -0.2) is 25.0 Å². The first-order chi connectivity index (χ1) is 7.27. The van der Waals surface area contributed by atoms with Gasteiger partial charge in [0, 0.05) is 30.6 Å². The van der Waals surface area contributed by atoms with Crippen molar-refractivity contribution < 1.29 is 4.79 Å². The minimum Gasteiger partial charge on any atom is -0.347 e. The van der Waals surface area contributed by atoms with Crippen molar-refractivity contribution in [2.45, 2.75) is 18.9 Å². The summed E-state index contributed by atoms with van der Waals surface area (Å²) >= 11 is 0. The van der Waals surface area contributed by atoms with Gasteiger partial charge in [-0.15, -0.1) is 12.4 Å². The summed E-state index contributed by atoms with van der Waals surface area (Å²) in [6, 6.07) is 6.42. The van der Waals surface area contributed by atoms with Crippen LogP contribution in [0.25, 0.3) is 0 Å². The molecule has 0 unspecified atom stereocenters. The third-order valence-electron chi connectivity index (χ3n) is 3.46. The zero-order valence-electron chi connectivity index (χ0n) is 9.12. The summed E-state index contributed by atoms with van der Waals surface area (Å²) in [5, 5.41) is 6.40. The Hall–Kier alpha value is -1.06. The minimum atomic E-state index is 0. The molecule has 86 valence electrons. The number of rotatable bonds is 0.